The quantitative estimate of drug-likeness (QED) is 0.769. The van der Waals surface area contributed by atoms with E-state index in [0.717, 1.165) is 31.7 Å². The first-order chi connectivity index (χ1) is 12.0. The van der Waals surface area contributed by atoms with E-state index in [0.29, 0.717) is 36.9 Å². The number of carbonyl (C=O) groups excluding carboxylic acids is 1. The molecule has 1 aromatic carbocycles. The zero-order chi connectivity index (χ0) is 18.2. The fraction of sp³-hybridized carbons (Fsp3) is 0.632. The molecule has 0 bridgehead atoms. The number of ether oxygens (including phenoxy) is 2. The van der Waals surface area contributed by atoms with Crippen LogP contribution in [0.1, 0.15) is 18.9 Å². The fourth-order valence-electron chi connectivity index (χ4n) is 3.04. The van der Waals surface area contributed by atoms with E-state index >= 15 is 0 Å². The molecule has 1 amide bonds. The molecule has 140 valence electrons. The van der Waals surface area contributed by atoms with Gasteiger partial charge in [0.1, 0.15) is 0 Å². The molecule has 1 aromatic rings. The Morgan fingerprint density at radius 2 is 1.84 bits per heavy atom. The minimum atomic E-state index is 0.0933. The summed E-state index contributed by atoms with van der Waals surface area (Å²) in [6, 6.07) is 6.15. The van der Waals surface area contributed by atoms with Gasteiger partial charge in [-0.3, -0.25) is 9.69 Å². The van der Waals surface area contributed by atoms with Gasteiger partial charge in [0.05, 0.1) is 14.2 Å². The third-order valence-corrected chi connectivity index (χ3v) is 4.84. The third-order valence-electron chi connectivity index (χ3n) is 4.84. The highest BCUT2D eigenvalue weighted by molar-refractivity contribution is 5.76. The monoisotopic (exact) mass is 349 g/mol. The SMILES string of the molecule is COc1ccc(CCC(=O)NC[C@@H](C)N2CCN(C)CC2)cc1OC. The molecule has 1 aliphatic rings. The summed E-state index contributed by atoms with van der Waals surface area (Å²) in [6.45, 7) is 7.21. The lowest BCUT2D eigenvalue weighted by atomic mass is 10.1. The van der Waals surface area contributed by atoms with Gasteiger partial charge in [0.2, 0.25) is 5.91 Å². The van der Waals surface area contributed by atoms with Crippen LogP contribution in [0.2, 0.25) is 0 Å². The van der Waals surface area contributed by atoms with Crippen molar-refractivity contribution in [2.24, 2.45) is 0 Å². The largest absolute Gasteiger partial charge is 0.493 e. The van der Waals surface area contributed by atoms with Crippen molar-refractivity contribution in [1.29, 1.82) is 0 Å². The van der Waals surface area contributed by atoms with E-state index in [-0.39, 0.29) is 5.91 Å². The van der Waals surface area contributed by atoms with E-state index in [2.05, 4.69) is 29.1 Å². The number of rotatable bonds is 8. The van der Waals surface area contributed by atoms with E-state index in [1.807, 2.05) is 18.2 Å². The van der Waals surface area contributed by atoms with Gasteiger partial charge >= 0.3 is 0 Å². The number of hydrogen-bond acceptors (Lipinski definition) is 5. The number of methoxy groups -OCH3 is 2. The molecule has 0 spiro atoms. The van der Waals surface area contributed by atoms with Crippen LogP contribution in [0.4, 0.5) is 0 Å². The summed E-state index contributed by atoms with van der Waals surface area (Å²) in [6.07, 6.45) is 1.17. The highest BCUT2D eigenvalue weighted by Crippen LogP contribution is 2.27. The number of amides is 1. The molecule has 6 heteroatoms. The lowest BCUT2D eigenvalue weighted by Crippen LogP contribution is -2.51. The predicted molar refractivity (Wildman–Crippen MR) is 99.4 cm³/mol. The second kappa shape index (κ2) is 9.63. The molecule has 0 radical (unpaired) electrons. The minimum absolute atomic E-state index is 0.0933. The van der Waals surface area contributed by atoms with Crippen LogP contribution in [0.5, 0.6) is 11.5 Å². The first-order valence-corrected chi connectivity index (χ1v) is 8.93. The number of aryl methyl sites for hydroxylation is 1. The fourth-order valence-corrected chi connectivity index (χ4v) is 3.04. The molecule has 0 aromatic heterocycles. The zero-order valence-corrected chi connectivity index (χ0v) is 15.9. The lowest BCUT2D eigenvalue weighted by molar-refractivity contribution is -0.121. The molecule has 1 atom stereocenters. The summed E-state index contributed by atoms with van der Waals surface area (Å²) in [5.41, 5.74) is 1.07. The number of nitrogens with one attached hydrogen (secondary N) is 1. The van der Waals surface area contributed by atoms with E-state index < -0.39 is 0 Å². The summed E-state index contributed by atoms with van der Waals surface area (Å²) in [4.78, 5) is 16.9. The topological polar surface area (TPSA) is 54.0 Å². The van der Waals surface area contributed by atoms with Crippen molar-refractivity contribution >= 4 is 5.91 Å². The maximum Gasteiger partial charge on any atom is 0.220 e. The Labute approximate surface area is 151 Å². The van der Waals surface area contributed by atoms with Gasteiger partial charge in [0.25, 0.3) is 0 Å². The molecule has 1 fully saturated rings. The van der Waals surface area contributed by atoms with Crippen molar-refractivity contribution in [2.45, 2.75) is 25.8 Å². The number of nitrogens with zero attached hydrogens (tertiary/aromatic N) is 2. The summed E-state index contributed by atoms with van der Waals surface area (Å²) >= 11 is 0. The minimum Gasteiger partial charge on any atom is -0.493 e. The standard InChI is InChI=1S/C19H31N3O3/c1-15(22-11-9-21(2)10-12-22)14-20-19(23)8-6-16-5-7-17(24-3)18(13-16)25-4/h5,7,13,15H,6,8-12,14H2,1-4H3,(H,20,23)/t15-/m1/s1. The number of hydrogen-bond donors (Lipinski definition) is 1. The van der Waals surface area contributed by atoms with Gasteiger partial charge in [0, 0.05) is 45.2 Å². The first kappa shape index (κ1) is 19.5. The molecule has 0 saturated carbocycles. The van der Waals surface area contributed by atoms with E-state index in [1.165, 1.54) is 0 Å². The van der Waals surface area contributed by atoms with Crippen molar-refractivity contribution in [2.75, 3.05) is 54.0 Å². The summed E-state index contributed by atoms with van der Waals surface area (Å²) in [5.74, 6) is 1.50. The Morgan fingerprint density at radius 3 is 2.48 bits per heavy atom. The Kier molecular flexibility index (Phi) is 7.52. The van der Waals surface area contributed by atoms with Crippen molar-refractivity contribution < 1.29 is 14.3 Å². The second-order valence-corrected chi connectivity index (χ2v) is 6.68. The number of carbonyl (C=O) groups is 1. The molecule has 6 nitrogen and oxygen atoms in total. The van der Waals surface area contributed by atoms with Crippen LogP contribution in [0.25, 0.3) is 0 Å². The molecule has 1 saturated heterocycles. The molecule has 1 N–H and O–H groups in total. The first-order valence-electron chi connectivity index (χ1n) is 8.93. The smallest absolute Gasteiger partial charge is 0.220 e. The third kappa shape index (κ3) is 5.90. The van der Waals surface area contributed by atoms with Crippen LogP contribution in [0, 0.1) is 0 Å². The van der Waals surface area contributed by atoms with Crippen LogP contribution >= 0.6 is 0 Å². The average molecular weight is 349 g/mol. The molecule has 1 aliphatic heterocycles. The van der Waals surface area contributed by atoms with Crippen molar-refractivity contribution in [3.05, 3.63) is 23.8 Å². The van der Waals surface area contributed by atoms with E-state index in [1.54, 1.807) is 14.2 Å². The van der Waals surface area contributed by atoms with E-state index in [4.69, 9.17) is 9.47 Å². The molecule has 2 rings (SSSR count). The van der Waals surface area contributed by atoms with Crippen molar-refractivity contribution in [3.8, 4) is 11.5 Å². The van der Waals surface area contributed by atoms with Gasteiger partial charge in [-0.1, -0.05) is 6.07 Å². The maximum absolute atomic E-state index is 12.1. The van der Waals surface area contributed by atoms with Crippen LogP contribution in [0.15, 0.2) is 18.2 Å². The van der Waals surface area contributed by atoms with Gasteiger partial charge in [-0.15, -0.1) is 0 Å². The van der Waals surface area contributed by atoms with Crippen LogP contribution in [-0.4, -0.2) is 75.7 Å². The Hall–Kier alpha value is -1.79. The van der Waals surface area contributed by atoms with Gasteiger partial charge < -0.3 is 19.7 Å². The summed E-state index contributed by atoms with van der Waals surface area (Å²) in [7, 11) is 5.39. The van der Waals surface area contributed by atoms with Gasteiger partial charge in [-0.25, -0.2) is 0 Å². The highest BCUT2D eigenvalue weighted by Gasteiger charge is 2.19. The van der Waals surface area contributed by atoms with Crippen molar-refractivity contribution in [3.63, 3.8) is 0 Å². The van der Waals surface area contributed by atoms with Crippen LogP contribution < -0.4 is 14.8 Å². The van der Waals surface area contributed by atoms with Crippen LogP contribution in [-0.2, 0) is 11.2 Å². The van der Waals surface area contributed by atoms with Crippen molar-refractivity contribution in [1.82, 2.24) is 15.1 Å². The van der Waals surface area contributed by atoms with Gasteiger partial charge in [0.15, 0.2) is 11.5 Å². The maximum atomic E-state index is 12.1. The normalized spacial score (nSPS) is 17.1. The Morgan fingerprint density at radius 1 is 1.16 bits per heavy atom. The van der Waals surface area contributed by atoms with Gasteiger partial charge in [-0.2, -0.15) is 0 Å². The molecular formula is C19H31N3O3. The second-order valence-electron chi connectivity index (χ2n) is 6.68. The summed E-state index contributed by atoms with van der Waals surface area (Å²) in [5, 5.41) is 3.06. The van der Waals surface area contributed by atoms with Crippen LogP contribution in [0.3, 0.4) is 0 Å². The Balaban J connectivity index is 1.73. The highest BCUT2D eigenvalue weighted by atomic mass is 16.5. The van der Waals surface area contributed by atoms with E-state index in [9.17, 15) is 4.79 Å². The Bertz CT molecular complexity index is 557. The van der Waals surface area contributed by atoms with Gasteiger partial charge in [-0.05, 0) is 38.1 Å². The molecule has 1 heterocycles. The zero-order valence-electron chi connectivity index (χ0n) is 15.9. The number of likely N-dealkylation sites (N-methyl/N-ethyl adjacent to an activating group) is 1. The lowest BCUT2D eigenvalue weighted by Gasteiger charge is -2.36. The summed E-state index contributed by atoms with van der Waals surface area (Å²) < 4.78 is 10.5. The molecule has 25 heavy (non-hydrogen) atoms. The molecule has 0 aliphatic carbocycles. The molecular weight excluding hydrogens is 318 g/mol. The average Bonchev–Trinajstić information content (AvgIpc) is 2.64. The molecule has 0 unspecified atom stereocenters. The number of piperazine rings is 1. The number of benzene rings is 1. The predicted octanol–water partition coefficient (Wildman–Crippen LogP) is 1.39.